The second-order valence-corrected chi connectivity index (χ2v) is 13.1. The molecule has 0 amide bonds. The fourth-order valence-electron chi connectivity index (χ4n) is 3.83. The van der Waals surface area contributed by atoms with E-state index < -0.39 is 8.07 Å². The van der Waals surface area contributed by atoms with Gasteiger partial charge in [0.1, 0.15) is 8.07 Å². The first kappa shape index (κ1) is 17.4. The maximum Gasteiger partial charge on any atom is 0.294 e. The molecule has 0 spiro atoms. The second kappa shape index (κ2) is 6.01. The van der Waals surface area contributed by atoms with Gasteiger partial charge in [0.25, 0.3) is 5.87 Å². The Morgan fingerprint density at radius 3 is 1.44 bits per heavy atom. The Kier molecular flexibility index (Phi) is 5.80. The fraction of sp³-hybridized carbons (Fsp3) is 0.867. The molecule has 3 heteroatoms. The van der Waals surface area contributed by atoms with Crippen LogP contribution in [0.15, 0.2) is 5.20 Å². The zero-order chi connectivity index (χ0) is 14.7. The van der Waals surface area contributed by atoms with Crippen LogP contribution in [0.3, 0.4) is 0 Å². The maximum atomic E-state index is 9.02. The summed E-state index contributed by atoms with van der Waals surface area (Å²) >= 11 is 0. The van der Waals surface area contributed by atoms with E-state index in [0.717, 1.165) is 0 Å². The van der Waals surface area contributed by atoms with E-state index in [1.54, 1.807) is 0 Å². The van der Waals surface area contributed by atoms with Crippen LogP contribution < -0.4 is 0 Å². The minimum Gasteiger partial charge on any atom is -0.348 e. The smallest absolute Gasteiger partial charge is 0.294 e. The van der Waals surface area contributed by atoms with Crippen LogP contribution in [0, 0.1) is 5.41 Å². The van der Waals surface area contributed by atoms with Crippen LogP contribution in [0.4, 0.5) is 0 Å². The third-order valence-electron chi connectivity index (χ3n) is 4.21. The molecule has 0 radical (unpaired) electrons. The van der Waals surface area contributed by atoms with Crippen molar-refractivity contribution in [3.8, 4) is 0 Å². The Balaban J connectivity index is 6.33. The highest BCUT2D eigenvalue weighted by atomic mass is 28.3. The van der Waals surface area contributed by atoms with Crippen molar-refractivity contribution in [3.63, 3.8) is 0 Å². The largest absolute Gasteiger partial charge is 0.348 e. The summed E-state index contributed by atoms with van der Waals surface area (Å²) in [5, 5.41) is 1.26. The van der Waals surface area contributed by atoms with Gasteiger partial charge in [0.15, 0.2) is 0 Å². The van der Waals surface area contributed by atoms with E-state index in [4.69, 9.17) is 5.53 Å². The van der Waals surface area contributed by atoms with Crippen LogP contribution in [-0.4, -0.2) is 18.7 Å². The summed E-state index contributed by atoms with van der Waals surface area (Å²) < 4.78 is 0. The molecule has 0 aliphatic heterocycles. The van der Waals surface area contributed by atoms with Crippen LogP contribution in [0.25, 0.3) is 5.53 Å². The van der Waals surface area contributed by atoms with E-state index in [9.17, 15) is 0 Å². The molecule has 0 unspecified atom stereocenters. The topological polar surface area (TPSA) is 36.4 Å². The third kappa shape index (κ3) is 3.03. The molecule has 0 saturated carbocycles. The molecule has 0 bridgehead atoms. The molecule has 18 heavy (non-hydrogen) atoms. The minimum absolute atomic E-state index is 0.0112. The molecule has 0 aromatic heterocycles. The first-order valence-electron chi connectivity index (χ1n) is 7.00. The molecule has 104 valence electrons. The Hall–Kier alpha value is -0.623. The van der Waals surface area contributed by atoms with Gasteiger partial charge in [-0.25, -0.2) is 0 Å². The lowest BCUT2D eigenvalue weighted by Crippen LogP contribution is -2.50. The molecule has 0 N–H and O–H groups in total. The summed E-state index contributed by atoms with van der Waals surface area (Å²) in [6.45, 7) is 20.5. The first-order valence-corrected chi connectivity index (χ1v) is 9.24. The summed E-state index contributed by atoms with van der Waals surface area (Å²) in [5.41, 5.74) is 10.9. The van der Waals surface area contributed by atoms with Crippen LogP contribution in [0.5, 0.6) is 0 Å². The third-order valence-corrected chi connectivity index (χ3v) is 11.7. The number of hydrogen-bond donors (Lipinski definition) is 0. The molecule has 0 aliphatic carbocycles. The molecular formula is C15H30N2Si. The van der Waals surface area contributed by atoms with Crippen molar-refractivity contribution >= 4 is 13.9 Å². The highest BCUT2D eigenvalue weighted by molar-refractivity contribution is 6.91. The van der Waals surface area contributed by atoms with Crippen molar-refractivity contribution in [2.45, 2.75) is 78.9 Å². The molecule has 0 atom stereocenters. The van der Waals surface area contributed by atoms with Crippen molar-refractivity contribution in [3.05, 3.63) is 10.7 Å². The molecular weight excluding hydrogens is 236 g/mol. The molecule has 0 aromatic carbocycles. The lowest BCUT2D eigenvalue weighted by molar-refractivity contribution is 0.00710. The van der Waals surface area contributed by atoms with Crippen molar-refractivity contribution in [1.82, 2.24) is 0 Å². The molecule has 0 heterocycles. The standard InChI is InChI=1S/C15H30N2Si/c1-11(2)18(12(3)4,13(5)6)14(10-17-16)15(7,8)9/h11-13H,1-9H3. The van der Waals surface area contributed by atoms with Gasteiger partial charge >= 0.3 is 0 Å². The Morgan fingerprint density at radius 2 is 1.28 bits per heavy atom. The monoisotopic (exact) mass is 266 g/mol. The first-order chi connectivity index (χ1) is 8.02. The van der Waals surface area contributed by atoms with E-state index in [1.165, 1.54) is 5.20 Å². The number of rotatable bonds is 4. The summed E-state index contributed by atoms with van der Waals surface area (Å²) in [7, 11) is -1.76. The summed E-state index contributed by atoms with van der Waals surface area (Å²) in [6.07, 6.45) is 0. The highest BCUT2D eigenvalue weighted by Gasteiger charge is 2.51. The average Bonchev–Trinajstić information content (AvgIpc) is 2.14. The SMILES string of the molecule is CC(C)[Si](C(=C=[N+]=[N-])C(C)(C)C)(C(C)C)C(C)C. The molecule has 0 aromatic rings. The van der Waals surface area contributed by atoms with Gasteiger partial charge in [-0.2, -0.15) is 0 Å². The number of nitrogens with zero attached hydrogens (tertiary/aromatic N) is 2. The van der Waals surface area contributed by atoms with Crippen molar-refractivity contribution in [1.29, 1.82) is 0 Å². The van der Waals surface area contributed by atoms with Gasteiger partial charge in [-0.3, -0.25) is 0 Å². The van der Waals surface area contributed by atoms with Gasteiger partial charge < -0.3 is 5.53 Å². The maximum absolute atomic E-state index is 9.02. The van der Waals surface area contributed by atoms with E-state index >= 15 is 0 Å². The van der Waals surface area contributed by atoms with Crippen LogP contribution in [0.1, 0.15) is 62.3 Å². The zero-order valence-electron chi connectivity index (χ0n) is 13.6. The Morgan fingerprint density at radius 1 is 0.944 bits per heavy atom. The number of hydrogen-bond acceptors (Lipinski definition) is 0. The predicted molar refractivity (Wildman–Crippen MR) is 82.6 cm³/mol. The van der Waals surface area contributed by atoms with Gasteiger partial charge in [0, 0.05) is 5.20 Å². The number of allylic oxidation sites excluding steroid dienone is 1. The summed E-state index contributed by atoms with van der Waals surface area (Å²) in [5.74, 6) is 2.97. The molecule has 0 aliphatic rings. The van der Waals surface area contributed by atoms with Crippen molar-refractivity contribution < 1.29 is 4.79 Å². The zero-order valence-corrected chi connectivity index (χ0v) is 14.6. The Labute approximate surface area is 114 Å². The molecule has 2 nitrogen and oxygen atoms in total. The average molecular weight is 267 g/mol. The van der Waals surface area contributed by atoms with Gasteiger partial charge in [-0.05, 0) is 22.0 Å². The molecule has 0 fully saturated rings. The Bertz CT molecular complexity index is 341. The minimum atomic E-state index is -1.76. The quantitative estimate of drug-likeness (QED) is 0.294. The predicted octanol–water partition coefficient (Wildman–Crippen LogP) is 5.08. The van der Waals surface area contributed by atoms with Gasteiger partial charge in [0.05, 0.1) is 0 Å². The second-order valence-electron chi connectivity index (χ2n) is 7.23. The van der Waals surface area contributed by atoms with Crippen LogP contribution in [0.2, 0.25) is 16.6 Å². The summed E-state index contributed by atoms with van der Waals surface area (Å²) in [4.78, 5) is 3.26. The van der Waals surface area contributed by atoms with Crippen molar-refractivity contribution in [2.75, 3.05) is 0 Å². The van der Waals surface area contributed by atoms with Crippen LogP contribution >= 0.6 is 0 Å². The lowest BCUT2D eigenvalue weighted by atomic mass is 9.97. The van der Waals surface area contributed by atoms with Gasteiger partial charge in [0.2, 0.25) is 0 Å². The van der Waals surface area contributed by atoms with E-state index in [0.29, 0.717) is 16.6 Å². The van der Waals surface area contributed by atoms with E-state index in [1.807, 2.05) is 0 Å². The normalized spacial score (nSPS) is 12.9. The van der Waals surface area contributed by atoms with Crippen molar-refractivity contribution in [2.24, 2.45) is 5.41 Å². The molecule has 0 rings (SSSR count). The van der Waals surface area contributed by atoms with E-state index in [2.05, 4.69) is 73.0 Å². The fourth-order valence-corrected chi connectivity index (χ4v) is 11.1. The summed E-state index contributed by atoms with van der Waals surface area (Å²) in [6, 6.07) is 0. The van der Waals surface area contributed by atoms with E-state index in [-0.39, 0.29) is 5.41 Å². The van der Waals surface area contributed by atoms with Crippen LogP contribution in [-0.2, 0) is 0 Å². The van der Waals surface area contributed by atoms with Gasteiger partial charge in [-0.15, -0.1) is 4.79 Å². The van der Waals surface area contributed by atoms with Gasteiger partial charge in [-0.1, -0.05) is 62.3 Å². The highest BCUT2D eigenvalue weighted by Crippen LogP contribution is 2.50. The molecule has 0 saturated heterocycles. The lowest BCUT2D eigenvalue weighted by Gasteiger charge is -2.46.